The second-order valence-corrected chi connectivity index (χ2v) is 33.1. The largest absolute Gasteiger partial charge is 0.496 e. The lowest BCUT2D eigenvalue weighted by atomic mass is 9.97. The molecule has 3 amide bonds. The van der Waals surface area contributed by atoms with E-state index in [1.165, 1.54) is 51.1 Å². The third kappa shape index (κ3) is 18.3. The van der Waals surface area contributed by atoms with E-state index in [4.69, 9.17) is 57.6 Å². The van der Waals surface area contributed by atoms with Gasteiger partial charge in [-0.15, -0.1) is 0 Å². The summed E-state index contributed by atoms with van der Waals surface area (Å²) in [7, 11) is 4.80. The fourth-order valence-corrected chi connectivity index (χ4v) is 17.6. The molecule has 9 fully saturated rings. The quantitative estimate of drug-likeness (QED) is 0.0264. The van der Waals surface area contributed by atoms with Crippen molar-refractivity contribution >= 4 is 53.6 Å². The van der Waals surface area contributed by atoms with Gasteiger partial charge in [-0.3, -0.25) is 29.1 Å². The highest BCUT2D eigenvalue weighted by atomic mass is 19.2. The number of hydrogen-bond donors (Lipinski definition) is 0. The summed E-state index contributed by atoms with van der Waals surface area (Å²) in [5, 5.41) is 0. The highest BCUT2D eigenvalue weighted by Gasteiger charge is 2.50. The molecule has 12 atom stereocenters. The number of methoxy groups -OCH3 is 3. The van der Waals surface area contributed by atoms with Gasteiger partial charge < -0.3 is 57.3 Å². The van der Waals surface area contributed by atoms with E-state index >= 15 is 0 Å². The molecular weight excluding hydrogens is 1630 g/mol. The van der Waals surface area contributed by atoms with Gasteiger partial charge in [0.05, 0.1) is 114 Å². The van der Waals surface area contributed by atoms with Crippen LogP contribution in [0.25, 0.3) is 33.4 Å². The molecule has 3 aliphatic carbocycles. The molecule has 0 spiro atoms. The van der Waals surface area contributed by atoms with Crippen LogP contribution in [-0.2, 0) is 62.4 Å². The second kappa shape index (κ2) is 36.9. The molecular formula is C96H99F6N9O15. The predicted molar refractivity (Wildman–Crippen MR) is 453 cm³/mol. The Morgan fingerprint density at radius 1 is 0.349 bits per heavy atom. The summed E-state index contributed by atoms with van der Waals surface area (Å²) in [4.78, 5) is 102. The van der Waals surface area contributed by atoms with Gasteiger partial charge >= 0.3 is 36.2 Å². The molecule has 24 nitrogen and oxygen atoms in total. The van der Waals surface area contributed by atoms with Crippen molar-refractivity contribution in [2.24, 2.45) is 17.8 Å². The van der Waals surface area contributed by atoms with Crippen LogP contribution in [0.3, 0.4) is 0 Å². The predicted octanol–water partition coefficient (Wildman–Crippen LogP) is 18.0. The standard InChI is InChI=1S/3C32H33F2N3O5/c3*1-4-41-31(38)26-16-24(26)19-6-8-28(40-3)25(14-19)23-7-9-29(36-10-5-11-36)35-27(23)17-37-18(2)30(42-32(37)39)20-12-21(33)15-22(34)13-20/h3*6-9,12-15,18,24,26,30H,4-5,10-11,16-17H2,1-3H3/t18-,24+,26+,30-;18-,24+,26-,30-;18-,24-,26+,30-/m000/s1. The first-order valence-electron chi connectivity index (χ1n) is 42.9. The number of hydrogen-bond acceptors (Lipinski definition) is 21. The molecule has 0 unspecified atom stereocenters. The van der Waals surface area contributed by atoms with Crippen LogP contribution in [0.1, 0.15) is 167 Å². The monoisotopic (exact) mass is 1730 g/mol. The zero-order chi connectivity index (χ0) is 88.6. The summed E-state index contributed by atoms with van der Waals surface area (Å²) in [6.07, 6.45) is 1.15. The van der Waals surface area contributed by atoms with E-state index in [1.807, 2.05) is 91.0 Å². The van der Waals surface area contributed by atoms with E-state index in [1.54, 1.807) is 62.9 Å². The van der Waals surface area contributed by atoms with E-state index in [0.29, 0.717) is 54.2 Å². The Hall–Kier alpha value is -12.6. The summed E-state index contributed by atoms with van der Waals surface area (Å²) in [5.41, 5.74) is 10.5. The van der Waals surface area contributed by atoms with E-state index in [2.05, 4.69) is 14.7 Å². The van der Waals surface area contributed by atoms with Crippen LogP contribution >= 0.6 is 0 Å². The Bertz CT molecular complexity index is 5060. The van der Waals surface area contributed by atoms with Crippen molar-refractivity contribution in [3.8, 4) is 50.6 Å². The third-order valence-corrected chi connectivity index (χ3v) is 25.2. The van der Waals surface area contributed by atoms with Crippen LogP contribution in [0.2, 0.25) is 0 Å². The number of pyridine rings is 3. The molecule has 0 bridgehead atoms. The minimum Gasteiger partial charge on any atom is -0.496 e. The number of benzene rings is 6. The molecule has 3 aromatic heterocycles. The summed E-state index contributed by atoms with van der Waals surface area (Å²) >= 11 is 0. The van der Waals surface area contributed by atoms with Gasteiger partial charge in [0.2, 0.25) is 0 Å². The van der Waals surface area contributed by atoms with Crippen LogP contribution < -0.4 is 28.9 Å². The second-order valence-electron chi connectivity index (χ2n) is 33.1. The number of carbonyl (C=O) groups excluding carboxylic acids is 6. The highest BCUT2D eigenvalue weighted by Crippen LogP contribution is 2.54. The third-order valence-electron chi connectivity index (χ3n) is 25.2. The lowest BCUT2D eigenvalue weighted by molar-refractivity contribution is -0.145. The average molecular weight is 1730 g/mol. The maximum atomic E-state index is 14.0. The zero-order valence-electron chi connectivity index (χ0n) is 71.4. The van der Waals surface area contributed by atoms with Gasteiger partial charge in [-0.05, 0) is 224 Å². The van der Waals surface area contributed by atoms with Crippen LogP contribution in [0, 0.1) is 52.7 Å². The lowest BCUT2D eigenvalue weighted by Crippen LogP contribution is -2.38. The van der Waals surface area contributed by atoms with E-state index in [0.717, 1.165) is 164 Å². The van der Waals surface area contributed by atoms with Crippen LogP contribution in [-0.4, -0.2) is 164 Å². The summed E-state index contributed by atoms with van der Waals surface area (Å²) in [5.74, 6) is -0.913. The maximum absolute atomic E-state index is 14.0. The molecule has 0 N–H and O–H groups in total. The first-order chi connectivity index (χ1) is 60.8. The maximum Gasteiger partial charge on any atom is 0.411 e. The smallest absolute Gasteiger partial charge is 0.411 e. The van der Waals surface area contributed by atoms with Gasteiger partial charge in [-0.1, -0.05) is 18.2 Å². The Balaban J connectivity index is 0.000000139. The molecule has 9 heterocycles. The minimum absolute atomic E-state index is 0.0616. The van der Waals surface area contributed by atoms with E-state index in [-0.39, 0.29) is 89.7 Å². The molecule has 30 heteroatoms. The number of rotatable bonds is 27. The lowest BCUT2D eigenvalue weighted by Gasteiger charge is -2.33. The van der Waals surface area contributed by atoms with Crippen molar-refractivity contribution in [3.05, 3.63) is 231 Å². The number of amides is 3. The summed E-state index contributed by atoms with van der Waals surface area (Å²) in [6.45, 7) is 17.6. The molecule has 6 aliphatic heterocycles. The summed E-state index contributed by atoms with van der Waals surface area (Å²) < 4.78 is 134. The van der Waals surface area contributed by atoms with Gasteiger partial charge in [-0.25, -0.2) is 55.7 Å². The van der Waals surface area contributed by atoms with E-state index < -0.39 is 89.6 Å². The fraction of sp³-hybridized carbons (Fsp3) is 0.406. The average Bonchev–Trinajstić information content (AvgIpc) is 1.52. The number of carbonyl (C=O) groups is 6. The Morgan fingerprint density at radius 2 is 0.603 bits per heavy atom. The molecule has 9 aliphatic rings. The van der Waals surface area contributed by atoms with Crippen molar-refractivity contribution in [3.63, 3.8) is 0 Å². The fourth-order valence-electron chi connectivity index (χ4n) is 17.6. The number of anilines is 3. The molecule has 18 rings (SSSR count). The van der Waals surface area contributed by atoms with Crippen molar-refractivity contribution < 1.29 is 97.7 Å². The molecule has 0 radical (unpaired) electrons. The van der Waals surface area contributed by atoms with Gasteiger partial charge in [0.15, 0.2) is 0 Å². The molecule has 660 valence electrons. The molecule has 3 saturated carbocycles. The van der Waals surface area contributed by atoms with Gasteiger partial charge in [-0.2, -0.15) is 0 Å². The molecule has 6 aromatic carbocycles. The highest BCUT2D eigenvalue weighted by molar-refractivity contribution is 5.83. The zero-order valence-corrected chi connectivity index (χ0v) is 71.4. The van der Waals surface area contributed by atoms with Crippen molar-refractivity contribution in [1.82, 2.24) is 29.7 Å². The Morgan fingerprint density at radius 3 is 0.825 bits per heavy atom. The summed E-state index contributed by atoms with van der Waals surface area (Å²) in [6, 6.07) is 37.5. The SMILES string of the molecule is CCOC(=O)[C@@H]1C[C@@H]1c1ccc(OC)c(-c2ccc(N3CCC3)nc2CN2C(=O)O[C@H](c3cc(F)cc(F)c3)[C@@H]2C)c1.CCOC(=O)[C@@H]1C[C@H]1c1ccc(OC)c(-c2ccc(N3CCC3)nc2CN2C(=O)O[C@H](c3cc(F)cc(F)c3)[C@@H]2C)c1.CCOC(=O)[C@H]1C[C@@H]1c1ccc(OC)c(-c2ccc(N3CCC3)nc2CN2C(=O)O[C@H](c3cc(F)cc(F)c3)[C@@H]2C)c1. The van der Waals surface area contributed by atoms with E-state index in [9.17, 15) is 55.1 Å². The first-order valence-corrected chi connectivity index (χ1v) is 42.9. The number of cyclic esters (lactones) is 3. The molecule has 6 saturated heterocycles. The van der Waals surface area contributed by atoms with Crippen LogP contribution in [0.5, 0.6) is 17.2 Å². The van der Waals surface area contributed by atoms with Gasteiger partial charge in [0.25, 0.3) is 0 Å². The minimum atomic E-state index is -0.836. The van der Waals surface area contributed by atoms with Crippen molar-refractivity contribution in [1.29, 1.82) is 0 Å². The Kier molecular flexibility index (Phi) is 25.4. The number of ether oxygens (including phenoxy) is 9. The van der Waals surface area contributed by atoms with Crippen molar-refractivity contribution in [2.75, 3.05) is 95.1 Å². The van der Waals surface area contributed by atoms with Gasteiger partial charge in [0.1, 0.15) is 87.9 Å². The number of aromatic nitrogens is 3. The van der Waals surface area contributed by atoms with Gasteiger partial charge in [0, 0.05) is 108 Å². The van der Waals surface area contributed by atoms with Crippen LogP contribution in [0.4, 0.5) is 58.2 Å². The number of nitrogens with zero attached hydrogens (tertiary/aromatic N) is 9. The Labute approximate surface area is 725 Å². The number of halogens is 6. The first kappa shape index (κ1) is 86.9. The number of esters is 3. The van der Waals surface area contributed by atoms with Crippen LogP contribution in [0.15, 0.2) is 146 Å². The molecule has 9 aromatic rings. The molecule has 126 heavy (non-hydrogen) atoms. The normalized spacial score (nSPS) is 22.9. The van der Waals surface area contributed by atoms with Crippen molar-refractivity contribution in [2.45, 2.75) is 154 Å². The topological polar surface area (TPSA) is 244 Å².